The molecule has 6 atom stereocenters. The lowest BCUT2D eigenvalue weighted by atomic mass is 9.11. The molecule has 0 amide bonds. The van der Waals surface area contributed by atoms with Crippen LogP contribution in [0.25, 0.3) is 49.7 Å². The summed E-state index contributed by atoms with van der Waals surface area (Å²) in [6, 6.07) is 61.9. The maximum Gasteiger partial charge on any atom is 0.0542 e. The third-order valence-electron chi connectivity index (χ3n) is 20.4. The molecule has 10 aliphatic carbocycles. The van der Waals surface area contributed by atoms with Crippen LogP contribution in [0.3, 0.4) is 0 Å². The fourth-order valence-corrected chi connectivity index (χ4v) is 18.8. The quantitative estimate of drug-likeness (QED) is 0.172. The van der Waals surface area contributed by atoms with Gasteiger partial charge in [0.05, 0.1) is 11.0 Å². The Balaban J connectivity index is 0.887. The van der Waals surface area contributed by atoms with Crippen LogP contribution in [0.4, 0.5) is 17.1 Å². The maximum atomic E-state index is 2.62. The van der Waals surface area contributed by atoms with E-state index in [9.17, 15) is 0 Å². The number of para-hydroxylation sites is 2. The van der Waals surface area contributed by atoms with E-state index in [4.69, 9.17) is 0 Å². The molecule has 63 heavy (non-hydrogen) atoms. The van der Waals surface area contributed by atoms with Crippen molar-refractivity contribution in [3.8, 4) is 27.9 Å². The Labute approximate surface area is 369 Å². The second-order valence-electron chi connectivity index (χ2n) is 22.0. The molecule has 3 spiro atoms. The summed E-state index contributed by atoms with van der Waals surface area (Å²) in [6.07, 6.45) is 11.5. The van der Waals surface area contributed by atoms with Crippen molar-refractivity contribution >= 4 is 38.9 Å². The molecule has 8 aromatic rings. The Kier molecular flexibility index (Phi) is 5.92. The Hall–Kier alpha value is -5.86. The van der Waals surface area contributed by atoms with E-state index in [1.54, 1.807) is 22.3 Å². The van der Waals surface area contributed by atoms with Gasteiger partial charge in [0.1, 0.15) is 0 Å². The van der Waals surface area contributed by atoms with Crippen molar-refractivity contribution in [1.82, 2.24) is 4.57 Å². The van der Waals surface area contributed by atoms with E-state index in [1.165, 1.54) is 118 Å². The minimum Gasteiger partial charge on any atom is -0.310 e. The molecule has 7 aromatic carbocycles. The summed E-state index contributed by atoms with van der Waals surface area (Å²) in [5, 5.41) is 2.59. The summed E-state index contributed by atoms with van der Waals surface area (Å²) in [4.78, 5) is 2.62. The Morgan fingerprint density at radius 3 is 1.57 bits per heavy atom. The van der Waals surface area contributed by atoms with Gasteiger partial charge in [-0.3, -0.25) is 0 Å². The highest BCUT2D eigenvalue weighted by molar-refractivity contribution is 6.11. The van der Waals surface area contributed by atoms with Gasteiger partial charge in [-0.15, -0.1) is 0 Å². The molecule has 304 valence electrons. The molecule has 4 bridgehead atoms. The normalized spacial score (nSPS) is 34.3. The van der Waals surface area contributed by atoms with Crippen molar-refractivity contribution in [1.29, 1.82) is 0 Å². The molecular weight excluding hydrogens is 761 g/mol. The van der Waals surface area contributed by atoms with Crippen molar-refractivity contribution in [2.45, 2.75) is 62.2 Å². The van der Waals surface area contributed by atoms with Crippen LogP contribution in [0.5, 0.6) is 0 Å². The predicted molar refractivity (Wildman–Crippen MR) is 255 cm³/mol. The van der Waals surface area contributed by atoms with Crippen molar-refractivity contribution in [2.75, 3.05) is 4.90 Å². The molecule has 0 N–H and O–H groups in total. The number of benzene rings is 7. The summed E-state index contributed by atoms with van der Waals surface area (Å²) in [6.45, 7) is 0. The molecule has 1 heterocycles. The van der Waals surface area contributed by atoms with Gasteiger partial charge in [-0.05, 0) is 209 Å². The average Bonchev–Trinajstić information content (AvgIpc) is 3.90. The first-order chi connectivity index (χ1) is 31.2. The second-order valence-corrected chi connectivity index (χ2v) is 22.0. The van der Waals surface area contributed by atoms with Crippen LogP contribution >= 0.6 is 0 Å². The molecule has 18 rings (SSSR count). The van der Waals surface area contributed by atoms with Gasteiger partial charge in [0.15, 0.2) is 0 Å². The van der Waals surface area contributed by atoms with Crippen molar-refractivity contribution in [3.05, 3.63) is 180 Å². The van der Waals surface area contributed by atoms with Crippen LogP contribution in [0.2, 0.25) is 0 Å². The molecule has 3 unspecified atom stereocenters. The van der Waals surface area contributed by atoms with Crippen LogP contribution in [0, 0.1) is 52.8 Å². The van der Waals surface area contributed by atoms with E-state index >= 15 is 0 Å². The summed E-state index contributed by atoms with van der Waals surface area (Å²) >= 11 is 0. The fourth-order valence-electron chi connectivity index (χ4n) is 18.8. The third-order valence-corrected chi connectivity index (χ3v) is 20.4. The first-order valence-electron chi connectivity index (χ1n) is 24.5. The van der Waals surface area contributed by atoms with E-state index in [0.29, 0.717) is 5.41 Å². The van der Waals surface area contributed by atoms with Gasteiger partial charge in [-0.1, -0.05) is 97.1 Å². The molecule has 0 saturated heterocycles. The molecule has 8 fully saturated rings. The first kappa shape index (κ1) is 33.7. The van der Waals surface area contributed by atoms with Crippen molar-refractivity contribution in [2.24, 2.45) is 52.8 Å². The molecule has 0 aliphatic heterocycles. The molecule has 10 aliphatic rings. The second kappa shape index (κ2) is 11.1. The van der Waals surface area contributed by atoms with E-state index < -0.39 is 0 Å². The molecule has 2 nitrogen and oxygen atoms in total. The van der Waals surface area contributed by atoms with Gasteiger partial charge in [0.2, 0.25) is 0 Å². The number of hydrogen-bond acceptors (Lipinski definition) is 1. The molecular formula is C61H50N2. The zero-order valence-electron chi connectivity index (χ0n) is 35.7. The number of anilines is 3. The van der Waals surface area contributed by atoms with E-state index in [2.05, 4.69) is 167 Å². The lowest BCUT2D eigenvalue weighted by Gasteiger charge is -2.92. The van der Waals surface area contributed by atoms with E-state index in [0.717, 1.165) is 47.3 Å². The van der Waals surface area contributed by atoms with Gasteiger partial charge < -0.3 is 9.47 Å². The number of fused-ring (bicyclic) bond motifs is 13. The SMILES string of the molecule is c1ccc(-n2c3ccccc3c3cc(N(c4ccc5c(c4)-c4ccccc4C54C5CC6CC(C5)CC4C6)c4ccc5c(c4)-c4ccccc4C54[C@H]5C[C@H]6CC7C[C@@H]4C765)ccc32)cc1. The largest absolute Gasteiger partial charge is 0.310 e. The fraction of sp³-hybridized carbons (Fsp3) is 0.311. The lowest BCUT2D eigenvalue weighted by Crippen LogP contribution is -2.88. The van der Waals surface area contributed by atoms with E-state index in [-0.39, 0.29) is 10.8 Å². The molecule has 0 radical (unpaired) electrons. The first-order valence-corrected chi connectivity index (χ1v) is 24.5. The van der Waals surface area contributed by atoms with Crippen LogP contribution in [0.1, 0.15) is 73.6 Å². The molecule has 1 aromatic heterocycles. The van der Waals surface area contributed by atoms with Crippen LogP contribution in [-0.4, -0.2) is 4.57 Å². The summed E-state index contributed by atoms with van der Waals surface area (Å²) in [5.74, 6) is 7.06. The van der Waals surface area contributed by atoms with Gasteiger partial charge in [-0.2, -0.15) is 0 Å². The Morgan fingerprint density at radius 2 is 0.905 bits per heavy atom. The van der Waals surface area contributed by atoms with E-state index in [1.807, 2.05) is 0 Å². The molecule has 8 saturated carbocycles. The minimum atomic E-state index is 0.161. The summed E-state index contributed by atoms with van der Waals surface area (Å²) < 4.78 is 2.45. The highest BCUT2D eigenvalue weighted by atomic mass is 15.1. The van der Waals surface area contributed by atoms with Crippen LogP contribution < -0.4 is 4.90 Å². The Bertz CT molecular complexity index is 3300. The van der Waals surface area contributed by atoms with Gasteiger partial charge >= 0.3 is 0 Å². The summed E-state index contributed by atoms with van der Waals surface area (Å²) in [5.41, 5.74) is 21.0. The number of aromatic nitrogens is 1. The zero-order chi connectivity index (χ0) is 40.6. The van der Waals surface area contributed by atoms with Crippen LogP contribution in [-0.2, 0) is 10.8 Å². The number of hydrogen-bond donors (Lipinski definition) is 0. The van der Waals surface area contributed by atoms with Crippen molar-refractivity contribution < 1.29 is 0 Å². The number of rotatable bonds is 4. The smallest absolute Gasteiger partial charge is 0.0542 e. The standard InChI is InChI=1S/C61H50N2/c1-2-10-41(11-3-1)63-55-17-9-6-14-47(55)50-34-44(20-23-56(50)63)62(42-18-21-53-48(32-42)45-12-4-7-15-51(45)59(53)37-25-35-24-36(27-37)28-38(59)26-35)43-19-22-54-49(33-43)46-13-5-8-16-52(46)61(54)57-30-39-29-40-31-58(61)60(39,40)57/h1-23,32-40,57-58H,24-31H2/t35?,36?,37?,38?,39-,40?,57+,58-,59?,60?,61?/m1/s1. The predicted octanol–water partition coefficient (Wildman–Crippen LogP) is 14.9. The maximum absolute atomic E-state index is 2.62. The third kappa shape index (κ3) is 3.59. The van der Waals surface area contributed by atoms with Gasteiger partial charge in [-0.25, -0.2) is 0 Å². The summed E-state index contributed by atoms with van der Waals surface area (Å²) in [7, 11) is 0. The monoisotopic (exact) mass is 810 g/mol. The topological polar surface area (TPSA) is 8.17 Å². The highest BCUT2D eigenvalue weighted by Gasteiger charge is 2.90. The van der Waals surface area contributed by atoms with Gasteiger partial charge in [0.25, 0.3) is 0 Å². The Morgan fingerprint density at radius 1 is 0.381 bits per heavy atom. The van der Waals surface area contributed by atoms with Crippen LogP contribution in [0.15, 0.2) is 158 Å². The number of nitrogens with zero attached hydrogens (tertiary/aromatic N) is 2. The zero-order valence-corrected chi connectivity index (χ0v) is 35.7. The minimum absolute atomic E-state index is 0.161. The highest BCUT2D eigenvalue weighted by Crippen LogP contribution is 2.95. The lowest BCUT2D eigenvalue weighted by molar-refractivity contribution is -0.412. The average molecular weight is 811 g/mol. The molecule has 2 heteroatoms. The van der Waals surface area contributed by atoms with Gasteiger partial charge in [0, 0.05) is 44.4 Å². The van der Waals surface area contributed by atoms with Crippen molar-refractivity contribution in [3.63, 3.8) is 0 Å².